The van der Waals surface area contributed by atoms with Gasteiger partial charge < -0.3 is 10.2 Å². The minimum absolute atomic E-state index is 0.202. The van der Waals surface area contributed by atoms with Crippen molar-refractivity contribution in [3.05, 3.63) is 89.7 Å². The lowest BCUT2D eigenvalue weighted by molar-refractivity contribution is 0.102. The Hall–Kier alpha value is -3.14. The zero-order chi connectivity index (χ0) is 18.4. The van der Waals surface area contributed by atoms with E-state index < -0.39 is 0 Å². The first-order chi connectivity index (χ1) is 12.7. The quantitative estimate of drug-likeness (QED) is 0.706. The van der Waals surface area contributed by atoms with Crippen LogP contribution in [0.25, 0.3) is 0 Å². The summed E-state index contributed by atoms with van der Waals surface area (Å²) in [4.78, 5) is 18.9. The summed E-state index contributed by atoms with van der Waals surface area (Å²) in [5.41, 5.74) is 4.58. The second-order valence-electron chi connectivity index (χ2n) is 6.22. The van der Waals surface area contributed by atoms with Gasteiger partial charge in [0.05, 0.1) is 11.9 Å². The second kappa shape index (κ2) is 8.30. The Labute approximate surface area is 154 Å². The van der Waals surface area contributed by atoms with Gasteiger partial charge in [0.1, 0.15) is 5.69 Å². The van der Waals surface area contributed by atoms with Crippen LogP contribution in [0.3, 0.4) is 0 Å². The van der Waals surface area contributed by atoms with Crippen LogP contribution in [-0.2, 0) is 6.54 Å². The van der Waals surface area contributed by atoms with E-state index in [-0.39, 0.29) is 5.91 Å². The molecule has 4 heteroatoms. The highest BCUT2D eigenvalue weighted by molar-refractivity contribution is 6.02. The Morgan fingerprint density at radius 3 is 2.35 bits per heavy atom. The molecule has 0 fully saturated rings. The van der Waals surface area contributed by atoms with E-state index in [4.69, 9.17) is 0 Å². The minimum Gasteiger partial charge on any atom is -0.366 e. The predicted octanol–water partition coefficient (Wildman–Crippen LogP) is 4.67. The average Bonchev–Trinajstić information content (AvgIpc) is 2.69. The Bertz CT molecular complexity index is 843. The Morgan fingerprint density at radius 1 is 1.00 bits per heavy atom. The standard InChI is InChI=1S/C22H23N3O/c1-3-25(16-18-7-5-4-6-8-18)20-13-14-21(23-15-20)22(26)24-19-11-9-17(2)10-12-19/h4-15H,3,16H2,1-2H3,(H,24,26). The molecule has 0 atom stereocenters. The van der Waals surface area contributed by atoms with Crippen LogP contribution in [-0.4, -0.2) is 17.4 Å². The number of carbonyl (C=O) groups is 1. The van der Waals surface area contributed by atoms with Gasteiger partial charge in [0.2, 0.25) is 0 Å². The SMILES string of the molecule is CCN(Cc1ccccc1)c1ccc(C(=O)Nc2ccc(C)cc2)nc1. The van der Waals surface area contributed by atoms with Crippen molar-refractivity contribution in [2.45, 2.75) is 20.4 Å². The van der Waals surface area contributed by atoms with Crippen LogP contribution >= 0.6 is 0 Å². The van der Waals surface area contributed by atoms with E-state index in [2.05, 4.69) is 34.3 Å². The van der Waals surface area contributed by atoms with Crippen molar-refractivity contribution in [3.63, 3.8) is 0 Å². The summed E-state index contributed by atoms with van der Waals surface area (Å²) in [7, 11) is 0. The van der Waals surface area contributed by atoms with E-state index in [9.17, 15) is 4.79 Å². The number of amides is 1. The minimum atomic E-state index is -0.202. The van der Waals surface area contributed by atoms with E-state index in [0.29, 0.717) is 5.69 Å². The molecule has 1 N–H and O–H groups in total. The number of nitrogens with zero attached hydrogens (tertiary/aromatic N) is 2. The van der Waals surface area contributed by atoms with Gasteiger partial charge in [-0.1, -0.05) is 48.0 Å². The number of hydrogen-bond donors (Lipinski definition) is 1. The normalized spacial score (nSPS) is 10.4. The lowest BCUT2D eigenvalue weighted by Gasteiger charge is -2.23. The van der Waals surface area contributed by atoms with Crippen molar-refractivity contribution in [1.82, 2.24) is 4.98 Å². The van der Waals surface area contributed by atoms with E-state index in [1.807, 2.05) is 55.5 Å². The summed E-state index contributed by atoms with van der Waals surface area (Å²) in [6, 6.07) is 21.8. The third-order valence-electron chi connectivity index (χ3n) is 4.25. The largest absolute Gasteiger partial charge is 0.366 e. The number of anilines is 2. The van der Waals surface area contributed by atoms with Crippen molar-refractivity contribution in [1.29, 1.82) is 0 Å². The number of pyridine rings is 1. The zero-order valence-electron chi connectivity index (χ0n) is 15.1. The van der Waals surface area contributed by atoms with Gasteiger partial charge in [-0.15, -0.1) is 0 Å². The molecule has 0 radical (unpaired) electrons. The smallest absolute Gasteiger partial charge is 0.274 e. The fourth-order valence-electron chi connectivity index (χ4n) is 2.73. The molecule has 2 aromatic carbocycles. The van der Waals surface area contributed by atoms with Crippen LogP contribution in [0.4, 0.5) is 11.4 Å². The van der Waals surface area contributed by atoms with Crippen LogP contribution in [0.5, 0.6) is 0 Å². The number of benzene rings is 2. The van der Waals surface area contributed by atoms with Crippen LogP contribution < -0.4 is 10.2 Å². The van der Waals surface area contributed by atoms with Gasteiger partial charge in [0, 0.05) is 18.8 Å². The first-order valence-electron chi connectivity index (χ1n) is 8.78. The van der Waals surface area contributed by atoms with Gasteiger partial charge in [-0.05, 0) is 43.7 Å². The van der Waals surface area contributed by atoms with Crippen LogP contribution in [0.15, 0.2) is 72.9 Å². The fourth-order valence-corrected chi connectivity index (χ4v) is 2.73. The average molecular weight is 345 g/mol. The number of nitrogens with one attached hydrogen (secondary N) is 1. The molecule has 4 nitrogen and oxygen atoms in total. The molecule has 26 heavy (non-hydrogen) atoms. The van der Waals surface area contributed by atoms with Gasteiger partial charge >= 0.3 is 0 Å². The lowest BCUT2D eigenvalue weighted by Crippen LogP contribution is -2.22. The monoisotopic (exact) mass is 345 g/mol. The maximum Gasteiger partial charge on any atom is 0.274 e. The maximum atomic E-state index is 12.4. The Morgan fingerprint density at radius 2 is 1.73 bits per heavy atom. The second-order valence-corrected chi connectivity index (χ2v) is 6.22. The molecule has 1 amide bonds. The number of hydrogen-bond acceptors (Lipinski definition) is 3. The predicted molar refractivity (Wildman–Crippen MR) is 107 cm³/mol. The first-order valence-corrected chi connectivity index (χ1v) is 8.78. The van der Waals surface area contributed by atoms with Crippen molar-refractivity contribution < 1.29 is 4.79 Å². The van der Waals surface area contributed by atoms with Crippen LogP contribution in [0.2, 0.25) is 0 Å². The van der Waals surface area contributed by atoms with E-state index in [1.54, 1.807) is 12.3 Å². The number of rotatable bonds is 6. The molecular weight excluding hydrogens is 322 g/mol. The molecule has 0 unspecified atom stereocenters. The first kappa shape index (κ1) is 17.7. The number of aromatic nitrogens is 1. The molecule has 0 aliphatic carbocycles. The van der Waals surface area contributed by atoms with Gasteiger partial charge in [0.15, 0.2) is 0 Å². The van der Waals surface area contributed by atoms with Crippen molar-refractivity contribution in [2.24, 2.45) is 0 Å². The third-order valence-corrected chi connectivity index (χ3v) is 4.25. The molecule has 3 aromatic rings. The third kappa shape index (κ3) is 4.48. The Balaban J connectivity index is 1.68. The topological polar surface area (TPSA) is 45.2 Å². The van der Waals surface area contributed by atoms with Crippen LogP contribution in [0, 0.1) is 6.92 Å². The molecule has 0 spiro atoms. The van der Waals surface area contributed by atoms with Gasteiger partial charge in [0.25, 0.3) is 5.91 Å². The fraction of sp³-hybridized carbons (Fsp3) is 0.182. The van der Waals surface area contributed by atoms with Crippen molar-refractivity contribution in [2.75, 3.05) is 16.8 Å². The summed E-state index contributed by atoms with van der Waals surface area (Å²) < 4.78 is 0. The molecule has 0 aliphatic heterocycles. The van der Waals surface area contributed by atoms with Crippen molar-refractivity contribution in [3.8, 4) is 0 Å². The highest BCUT2D eigenvalue weighted by atomic mass is 16.1. The van der Waals surface area contributed by atoms with Gasteiger partial charge in [-0.3, -0.25) is 4.79 Å². The highest BCUT2D eigenvalue weighted by Crippen LogP contribution is 2.17. The van der Waals surface area contributed by atoms with Crippen molar-refractivity contribution >= 4 is 17.3 Å². The van der Waals surface area contributed by atoms with E-state index in [1.165, 1.54) is 5.56 Å². The molecule has 132 valence electrons. The molecule has 0 aliphatic rings. The maximum absolute atomic E-state index is 12.4. The molecule has 0 saturated heterocycles. The van der Waals surface area contributed by atoms with Crippen LogP contribution in [0.1, 0.15) is 28.5 Å². The molecular formula is C22H23N3O. The molecule has 1 aromatic heterocycles. The molecule has 0 bridgehead atoms. The summed E-state index contributed by atoms with van der Waals surface area (Å²) in [5.74, 6) is -0.202. The molecule has 1 heterocycles. The number of carbonyl (C=O) groups excluding carboxylic acids is 1. The van der Waals surface area contributed by atoms with Gasteiger partial charge in [-0.2, -0.15) is 0 Å². The number of aryl methyl sites for hydroxylation is 1. The van der Waals surface area contributed by atoms with Gasteiger partial charge in [-0.25, -0.2) is 4.98 Å². The summed E-state index contributed by atoms with van der Waals surface area (Å²) in [5, 5.41) is 2.87. The summed E-state index contributed by atoms with van der Waals surface area (Å²) in [6.45, 7) is 5.81. The Kier molecular flexibility index (Phi) is 5.64. The van der Waals surface area contributed by atoms with E-state index in [0.717, 1.165) is 30.0 Å². The lowest BCUT2D eigenvalue weighted by atomic mass is 10.2. The summed E-state index contributed by atoms with van der Waals surface area (Å²) in [6.07, 6.45) is 1.76. The highest BCUT2D eigenvalue weighted by Gasteiger charge is 2.10. The summed E-state index contributed by atoms with van der Waals surface area (Å²) >= 11 is 0. The zero-order valence-corrected chi connectivity index (χ0v) is 15.1. The van der Waals surface area contributed by atoms with E-state index >= 15 is 0 Å². The molecule has 0 saturated carbocycles. The molecule has 3 rings (SSSR count).